The number of carbonyl (C=O) groups is 2. The van der Waals surface area contributed by atoms with Crippen LogP contribution in [0.25, 0.3) is 16.9 Å². The Labute approximate surface area is 239 Å². The molecule has 4 aromatic rings. The molecule has 1 saturated heterocycles. The zero-order valence-electron chi connectivity index (χ0n) is 22.9. The van der Waals surface area contributed by atoms with Gasteiger partial charge in [-0.1, -0.05) is 12.1 Å². The second-order valence-corrected chi connectivity index (χ2v) is 9.83. The summed E-state index contributed by atoms with van der Waals surface area (Å²) in [7, 11) is 1.57. The molecule has 11 heteroatoms. The minimum absolute atomic E-state index is 0.233. The lowest BCUT2D eigenvalue weighted by atomic mass is 10.1. The Morgan fingerprint density at radius 1 is 0.857 bits per heavy atom. The number of anilines is 1. The van der Waals surface area contributed by atoms with Crippen molar-refractivity contribution in [1.29, 1.82) is 0 Å². The number of aromatic nitrogens is 1. The van der Waals surface area contributed by atoms with Gasteiger partial charge < -0.3 is 24.4 Å². The molecule has 1 aliphatic heterocycles. The van der Waals surface area contributed by atoms with Crippen molar-refractivity contribution in [2.75, 3.05) is 38.6 Å². The maximum absolute atomic E-state index is 15.0. The molecule has 1 aliphatic rings. The number of piperazine rings is 1. The first kappa shape index (κ1) is 28.7. The number of alkyl halides is 3. The van der Waals surface area contributed by atoms with Gasteiger partial charge >= 0.3 is 12.2 Å². The zero-order valence-corrected chi connectivity index (χ0v) is 22.9. The summed E-state index contributed by atoms with van der Waals surface area (Å²) in [6.45, 7) is 2.73. The molecule has 7 nitrogen and oxygen atoms in total. The highest BCUT2D eigenvalue weighted by molar-refractivity contribution is 5.98. The van der Waals surface area contributed by atoms with Crippen LogP contribution in [0.2, 0.25) is 0 Å². The Kier molecular flexibility index (Phi) is 7.93. The van der Waals surface area contributed by atoms with Gasteiger partial charge in [-0.15, -0.1) is 0 Å². The van der Waals surface area contributed by atoms with Crippen molar-refractivity contribution in [1.82, 2.24) is 14.4 Å². The number of rotatable bonds is 5. The molecule has 0 aliphatic carbocycles. The average molecular weight is 581 g/mol. The van der Waals surface area contributed by atoms with E-state index in [1.807, 2.05) is 12.1 Å². The summed E-state index contributed by atoms with van der Waals surface area (Å²) in [5.41, 5.74) is 2.13. The number of urea groups is 1. The summed E-state index contributed by atoms with van der Waals surface area (Å²) >= 11 is 0. The van der Waals surface area contributed by atoms with Gasteiger partial charge in [0.25, 0.3) is 5.91 Å². The van der Waals surface area contributed by atoms with Crippen molar-refractivity contribution < 1.29 is 31.9 Å². The molecule has 2 heterocycles. The molecule has 0 spiro atoms. The number of nitrogens with one attached hydrogen (secondary N) is 1. The van der Waals surface area contributed by atoms with Gasteiger partial charge in [0.1, 0.15) is 11.6 Å². The number of nitrogens with zero attached hydrogens (tertiary/aromatic N) is 3. The number of hydrogen-bond donors (Lipinski definition) is 1. The van der Waals surface area contributed by atoms with Crippen LogP contribution in [0.3, 0.4) is 0 Å². The van der Waals surface area contributed by atoms with Gasteiger partial charge in [-0.05, 0) is 79.2 Å². The second-order valence-electron chi connectivity index (χ2n) is 9.83. The van der Waals surface area contributed by atoms with Crippen LogP contribution in [-0.4, -0.2) is 59.6 Å². The van der Waals surface area contributed by atoms with E-state index in [1.54, 1.807) is 59.9 Å². The maximum Gasteiger partial charge on any atom is 0.416 e. The van der Waals surface area contributed by atoms with Crippen molar-refractivity contribution in [3.63, 3.8) is 0 Å². The van der Waals surface area contributed by atoms with Crippen LogP contribution in [0, 0.1) is 12.7 Å². The third-order valence-corrected chi connectivity index (χ3v) is 7.27. The molecule has 0 saturated carbocycles. The molecule has 218 valence electrons. The van der Waals surface area contributed by atoms with E-state index in [0.717, 1.165) is 17.7 Å². The summed E-state index contributed by atoms with van der Waals surface area (Å²) in [6.07, 6.45) is -4.46. The Hall–Kier alpha value is -4.80. The Balaban J connectivity index is 1.33. The number of halogens is 4. The van der Waals surface area contributed by atoms with Crippen LogP contribution >= 0.6 is 0 Å². The van der Waals surface area contributed by atoms with Crippen molar-refractivity contribution in [2.24, 2.45) is 0 Å². The number of hydrogen-bond acceptors (Lipinski definition) is 3. The van der Waals surface area contributed by atoms with Crippen molar-refractivity contribution in [2.45, 2.75) is 13.1 Å². The van der Waals surface area contributed by atoms with E-state index in [1.165, 1.54) is 23.1 Å². The monoisotopic (exact) mass is 580 g/mol. The van der Waals surface area contributed by atoms with Crippen LogP contribution < -0.4 is 10.1 Å². The van der Waals surface area contributed by atoms with Crippen molar-refractivity contribution in [3.05, 3.63) is 102 Å². The van der Waals surface area contributed by atoms with Gasteiger partial charge in [0, 0.05) is 37.6 Å². The molecular formula is C31H28F4N4O3. The SMILES string of the molecule is COc1ccc(-c2cc(C(=O)N3CCN(C(=O)Nc4ccc(C(F)(F)F)cc4)CC3)c(C)n2-c2ccccc2F)cc1. The number of methoxy groups -OCH3 is 1. The fourth-order valence-electron chi connectivity index (χ4n) is 4.97. The number of carbonyl (C=O) groups excluding carboxylic acids is 2. The van der Waals surface area contributed by atoms with Crippen LogP contribution in [-0.2, 0) is 6.18 Å². The Bertz CT molecular complexity index is 1590. The average Bonchev–Trinajstić information content (AvgIpc) is 3.33. The van der Waals surface area contributed by atoms with Crippen molar-refractivity contribution >= 4 is 17.6 Å². The third-order valence-electron chi connectivity index (χ3n) is 7.27. The minimum atomic E-state index is -4.46. The first-order valence-corrected chi connectivity index (χ1v) is 13.2. The quantitative estimate of drug-likeness (QED) is 0.270. The highest BCUT2D eigenvalue weighted by atomic mass is 19.4. The van der Waals surface area contributed by atoms with Gasteiger partial charge in [-0.25, -0.2) is 9.18 Å². The summed E-state index contributed by atoms with van der Waals surface area (Å²) in [5, 5.41) is 2.60. The van der Waals surface area contributed by atoms with E-state index >= 15 is 0 Å². The first-order chi connectivity index (χ1) is 20.1. The molecule has 0 atom stereocenters. The molecule has 1 fully saturated rings. The van der Waals surface area contributed by atoms with Gasteiger partial charge in [0.2, 0.25) is 0 Å². The fourth-order valence-corrected chi connectivity index (χ4v) is 4.97. The number of benzene rings is 3. The fraction of sp³-hybridized carbons (Fsp3) is 0.226. The number of ether oxygens (including phenoxy) is 1. The molecule has 3 aromatic carbocycles. The minimum Gasteiger partial charge on any atom is -0.497 e. The second kappa shape index (κ2) is 11.6. The van der Waals surface area contributed by atoms with Gasteiger partial charge in [0.15, 0.2) is 0 Å². The van der Waals surface area contributed by atoms with Gasteiger partial charge in [-0.2, -0.15) is 13.2 Å². The van der Waals surface area contributed by atoms with Crippen LogP contribution in [0.5, 0.6) is 5.75 Å². The molecule has 1 N–H and O–H groups in total. The van der Waals surface area contributed by atoms with E-state index in [-0.39, 0.29) is 37.8 Å². The molecule has 0 radical (unpaired) electrons. The molecule has 5 rings (SSSR count). The van der Waals surface area contributed by atoms with Crippen molar-refractivity contribution in [3.8, 4) is 22.7 Å². The van der Waals surface area contributed by atoms with E-state index in [2.05, 4.69) is 5.32 Å². The lowest BCUT2D eigenvalue weighted by Crippen LogP contribution is -2.51. The van der Waals surface area contributed by atoms with Gasteiger partial charge in [-0.3, -0.25) is 4.79 Å². The normalized spacial score (nSPS) is 13.7. The van der Waals surface area contributed by atoms with E-state index < -0.39 is 23.6 Å². The topological polar surface area (TPSA) is 66.8 Å². The number of para-hydroxylation sites is 1. The lowest BCUT2D eigenvalue weighted by Gasteiger charge is -2.34. The predicted octanol–water partition coefficient (Wildman–Crippen LogP) is 6.61. The molecular weight excluding hydrogens is 552 g/mol. The maximum atomic E-state index is 15.0. The highest BCUT2D eigenvalue weighted by Gasteiger charge is 2.31. The molecule has 0 unspecified atom stereocenters. The van der Waals surface area contributed by atoms with Crippen LogP contribution in [0.15, 0.2) is 78.9 Å². The van der Waals surface area contributed by atoms with E-state index in [4.69, 9.17) is 4.74 Å². The first-order valence-electron chi connectivity index (χ1n) is 13.2. The Morgan fingerprint density at radius 2 is 1.48 bits per heavy atom. The van der Waals surface area contributed by atoms with E-state index in [9.17, 15) is 27.2 Å². The molecule has 42 heavy (non-hydrogen) atoms. The Morgan fingerprint density at radius 3 is 2.07 bits per heavy atom. The van der Waals surface area contributed by atoms with Gasteiger partial charge in [0.05, 0.1) is 29.6 Å². The molecule has 0 bridgehead atoms. The molecule has 3 amide bonds. The highest BCUT2D eigenvalue weighted by Crippen LogP contribution is 2.33. The summed E-state index contributed by atoms with van der Waals surface area (Å²) in [4.78, 5) is 29.6. The zero-order chi connectivity index (χ0) is 30.0. The van der Waals surface area contributed by atoms with E-state index in [0.29, 0.717) is 28.4 Å². The standard InChI is InChI=1S/C31H28F4N4O3/c1-20-25(19-28(21-7-13-24(42-2)14-8-21)39(20)27-6-4-3-5-26(27)32)29(40)37-15-17-38(18-16-37)30(41)36-23-11-9-22(10-12-23)31(33,34)35/h3-14,19H,15-18H2,1-2H3,(H,36,41). The summed E-state index contributed by atoms with van der Waals surface area (Å²) in [5.74, 6) is -0.0196. The predicted molar refractivity (Wildman–Crippen MR) is 150 cm³/mol. The smallest absolute Gasteiger partial charge is 0.416 e. The number of amides is 3. The summed E-state index contributed by atoms with van der Waals surface area (Å²) < 4.78 is 60.4. The largest absolute Gasteiger partial charge is 0.497 e. The summed E-state index contributed by atoms with van der Waals surface area (Å²) in [6, 6.07) is 19.1. The van der Waals surface area contributed by atoms with Crippen LogP contribution in [0.1, 0.15) is 21.6 Å². The third kappa shape index (κ3) is 5.81. The molecule has 1 aromatic heterocycles. The lowest BCUT2D eigenvalue weighted by molar-refractivity contribution is -0.137. The van der Waals surface area contributed by atoms with Crippen LogP contribution in [0.4, 0.5) is 28.0 Å².